The minimum atomic E-state index is -1.39. The van der Waals surface area contributed by atoms with Crippen molar-refractivity contribution in [3.63, 3.8) is 0 Å². The number of aromatic carboxylic acids is 1. The van der Waals surface area contributed by atoms with Crippen LogP contribution in [0.3, 0.4) is 0 Å². The maximum absolute atomic E-state index is 11.4. The van der Waals surface area contributed by atoms with Crippen molar-refractivity contribution < 1.29 is 24.5 Å². The average molecular weight is 265 g/mol. The van der Waals surface area contributed by atoms with E-state index in [0.29, 0.717) is 11.1 Å². The second-order valence-electron chi connectivity index (χ2n) is 3.84. The number of primary amides is 1. The van der Waals surface area contributed by atoms with Crippen molar-refractivity contribution in [2.24, 2.45) is 5.73 Å². The summed E-state index contributed by atoms with van der Waals surface area (Å²) in [5.74, 6) is -2.87. The van der Waals surface area contributed by atoms with Crippen molar-refractivity contribution in [1.29, 1.82) is 0 Å². The largest absolute Gasteiger partial charge is 0.506 e. The fourth-order valence-electron chi connectivity index (χ4n) is 1.92. The number of amides is 1. The highest BCUT2D eigenvalue weighted by atomic mass is 16.5. The number of phenols is 1. The summed E-state index contributed by atoms with van der Waals surface area (Å²) in [6, 6.07) is 0. The minimum absolute atomic E-state index is 0.00667. The molecule has 0 spiro atoms. The molecule has 0 aromatic heterocycles. The lowest BCUT2D eigenvalue weighted by molar-refractivity contribution is 0.0687. The monoisotopic (exact) mass is 265 g/mol. The third-order valence-electron chi connectivity index (χ3n) is 2.71. The number of carboxylic acid groups (broad SMARTS) is 1. The Morgan fingerprint density at radius 2 is 1.89 bits per heavy atom. The number of benzene rings is 1. The summed E-state index contributed by atoms with van der Waals surface area (Å²) in [6.45, 7) is 3.31. The van der Waals surface area contributed by atoms with Gasteiger partial charge in [0.05, 0.1) is 12.7 Å². The van der Waals surface area contributed by atoms with Crippen LogP contribution in [0.15, 0.2) is 6.08 Å². The van der Waals surface area contributed by atoms with Gasteiger partial charge in [0, 0.05) is 11.1 Å². The molecule has 1 aromatic rings. The van der Waals surface area contributed by atoms with E-state index in [1.165, 1.54) is 7.11 Å². The number of rotatable bonds is 4. The van der Waals surface area contributed by atoms with Crippen LogP contribution < -0.4 is 10.5 Å². The van der Waals surface area contributed by atoms with E-state index in [1.54, 1.807) is 26.0 Å². The summed E-state index contributed by atoms with van der Waals surface area (Å²) in [5.41, 5.74) is 4.98. The van der Waals surface area contributed by atoms with Gasteiger partial charge in [-0.15, -0.1) is 0 Å². The first-order valence-electron chi connectivity index (χ1n) is 5.46. The van der Waals surface area contributed by atoms with Crippen LogP contribution in [0.4, 0.5) is 0 Å². The van der Waals surface area contributed by atoms with Gasteiger partial charge in [0.1, 0.15) is 17.1 Å². The standard InChI is InChI=1S/C13H15NO5/c1-4-5-7-6(2)11(19-3)9(13(17)18)8(10(7)15)12(14)16/h4-5,15H,1-3H3,(H2,14,16)(H,17,18)/b5-4+. The second kappa shape index (κ2) is 5.43. The number of hydrogen-bond acceptors (Lipinski definition) is 4. The van der Waals surface area contributed by atoms with Crippen molar-refractivity contribution in [3.05, 3.63) is 28.3 Å². The van der Waals surface area contributed by atoms with Crippen LogP contribution in [0.5, 0.6) is 11.5 Å². The van der Waals surface area contributed by atoms with Gasteiger partial charge in [-0.25, -0.2) is 4.79 Å². The highest BCUT2D eigenvalue weighted by Gasteiger charge is 2.28. The first-order valence-corrected chi connectivity index (χ1v) is 5.46. The molecule has 6 heteroatoms. The lowest BCUT2D eigenvalue weighted by Crippen LogP contribution is -2.19. The molecule has 0 fully saturated rings. The van der Waals surface area contributed by atoms with E-state index in [4.69, 9.17) is 10.5 Å². The molecule has 0 saturated carbocycles. The summed E-state index contributed by atoms with van der Waals surface area (Å²) in [6.07, 6.45) is 3.19. The first-order chi connectivity index (χ1) is 8.86. The van der Waals surface area contributed by atoms with Gasteiger partial charge in [-0.2, -0.15) is 0 Å². The normalized spacial score (nSPS) is 10.7. The van der Waals surface area contributed by atoms with E-state index in [-0.39, 0.29) is 5.75 Å². The Bertz CT molecular complexity index is 575. The van der Waals surface area contributed by atoms with Crippen LogP contribution in [-0.4, -0.2) is 29.2 Å². The topological polar surface area (TPSA) is 110 Å². The number of allylic oxidation sites excluding steroid dienone is 1. The number of nitrogens with two attached hydrogens (primary N) is 1. The zero-order chi connectivity index (χ0) is 14.7. The van der Waals surface area contributed by atoms with E-state index in [9.17, 15) is 19.8 Å². The third-order valence-corrected chi connectivity index (χ3v) is 2.71. The molecule has 0 radical (unpaired) electrons. The molecule has 0 aliphatic heterocycles. The molecule has 102 valence electrons. The van der Waals surface area contributed by atoms with Crippen molar-refractivity contribution >= 4 is 18.0 Å². The summed E-state index contributed by atoms with van der Waals surface area (Å²) >= 11 is 0. The van der Waals surface area contributed by atoms with Crippen LogP contribution >= 0.6 is 0 Å². The number of hydrogen-bond donors (Lipinski definition) is 3. The Balaban J connectivity index is 3.93. The Hall–Kier alpha value is -2.50. The molecule has 0 bridgehead atoms. The molecule has 0 atom stereocenters. The van der Waals surface area contributed by atoms with Crippen LogP contribution in [-0.2, 0) is 0 Å². The third kappa shape index (κ3) is 2.37. The van der Waals surface area contributed by atoms with E-state index in [1.807, 2.05) is 0 Å². The summed E-state index contributed by atoms with van der Waals surface area (Å²) in [7, 11) is 1.29. The van der Waals surface area contributed by atoms with Crippen molar-refractivity contribution in [2.45, 2.75) is 13.8 Å². The fraction of sp³-hybridized carbons (Fsp3) is 0.231. The number of methoxy groups -OCH3 is 1. The van der Waals surface area contributed by atoms with Crippen molar-refractivity contribution in [3.8, 4) is 11.5 Å². The summed E-state index contributed by atoms with van der Waals surface area (Å²) in [5, 5.41) is 19.2. The Kier molecular flexibility index (Phi) is 4.16. The number of ether oxygens (including phenoxy) is 1. The quantitative estimate of drug-likeness (QED) is 0.764. The molecule has 19 heavy (non-hydrogen) atoms. The highest BCUT2D eigenvalue weighted by Crippen LogP contribution is 2.38. The maximum Gasteiger partial charge on any atom is 0.340 e. The van der Waals surface area contributed by atoms with Gasteiger partial charge in [-0.1, -0.05) is 12.2 Å². The summed E-state index contributed by atoms with van der Waals surface area (Å²) in [4.78, 5) is 22.7. The maximum atomic E-state index is 11.4. The molecule has 1 aromatic carbocycles. The smallest absolute Gasteiger partial charge is 0.340 e. The van der Waals surface area contributed by atoms with E-state index in [2.05, 4.69) is 0 Å². The SMILES string of the molecule is C/C=C/c1c(C)c(OC)c(C(=O)O)c(C(N)=O)c1O. The lowest BCUT2D eigenvalue weighted by atomic mass is 9.95. The van der Waals surface area contributed by atoms with Gasteiger partial charge in [0.15, 0.2) is 0 Å². The van der Waals surface area contributed by atoms with Gasteiger partial charge in [0.2, 0.25) is 0 Å². The molecular formula is C13H15NO5. The highest BCUT2D eigenvalue weighted by molar-refractivity contribution is 6.09. The zero-order valence-corrected chi connectivity index (χ0v) is 10.9. The summed E-state index contributed by atoms with van der Waals surface area (Å²) < 4.78 is 5.04. The number of carbonyl (C=O) groups excluding carboxylic acids is 1. The predicted octanol–water partition coefficient (Wildman–Crippen LogP) is 1.54. The van der Waals surface area contributed by atoms with E-state index < -0.39 is 28.8 Å². The van der Waals surface area contributed by atoms with E-state index in [0.717, 1.165) is 0 Å². The molecule has 0 saturated heterocycles. The fourth-order valence-corrected chi connectivity index (χ4v) is 1.92. The Labute approximate surface area is 110 Å². The zero-order valence-electron chi connectivity index (χ0n) is 10.9. The first kappa shape index (κ1) is 14.6. The molecule has 4 N–H and O–H groups in total. The van der Waals surface area contributed by atoms with Gasteiger partial charge in [0.25, 0.3) is 5.91 Å². The molecule has 0 aliphatic rings. The second-order valence-corrected chi connectivity index (χ2v) is 3.84. The van der Waals surface area contributed by atoms with Gasteiger partial charge >= 0.3 is 5.97 Å². The molecular weight excluding hydrogens is 250 g/mol. The van der Waals surface area contributed by atoms with Gasteiger partial charge < -0.3 is 20.7 Å². The molecule has 1 rings (SSSR count). The van der Waals surface area contributed by atoms with E-state index >= 15 is 0 Å². The van der Waals surface area contributed by atoms with Crippen LogP contribution in [0.25, 0.3) is 6.08 Å². The van der Waals surface area contributed by atoms with Crippen LogP contribution in [0.2, 0.25) is 0 Å². The Morgan fingerprint density at radius 3 is 2.26 bits per heavy atom. The van der Waals surface area contributed by atoms with Crippen LogP contribution in [0, 0.1) is 6.92 Å². The van der Waals surface area contributed by atoms with Crippen LogP contribution in [0.1, 0.15) is 38.8 Å². The molecule has 0 aliphatic carbocycles. The molecule has 1 amide bonds. The number of aromatic hydroxyl groups is 1. The molecule has 0 unspecified atom stereocenters. The predicted molar refractivity (Wildman–Crippen MR) is 69.6 cm³/mol. The minimum Gasteiger partial charge on any atom is -0.506 e. The lowest BCUT2D eigenvalue weighted by Gasteiger charge is -2.16. The van der Waals surface area contributed by atoms with Crippen molar-refractivity contribution in [1.82, 2.24) is 0 Å². The van der Waals surface area contributed by atoms with Gasteiger partial charge in [-0.3, -0.25) is 4.79 Å². The number of carbonyl (C=O) groups is 2. The molecule has 6 nitrogen and oxygen atoms in total. The molecule has 0 heterocycles. The van der Waals surface area contributed by atoms with Gasteiger partial charge in [-0.05, 0) is 13.8 Å². The average Bonchev–Trinajstić information content (AvgIpc) is 2.33. The Morgan fingerprint density at radius 1 is 1.32 bits per heavy atom. The number of carboxylic acids is 1. The van der Waals surface area contributed by atoms with Crippen molar-refractivity contribution in [2.75, 3.05) is 7.11 Å².